The topological polar surface area (TPSA) is 77.2 Å². The van der Waals surface area contributed by atoms with Gasteiger partial charge < -0.3 is 15.8 Å². The van der Waals surface area contributed by atoms with E-state index in [1.54, 1.807) is 6.92 Å². The molecule has 8 heteroatoms. The van der Waals surface area contributed by atoms with Crippen LogP contribution >= 0.6 is 0 Å². The molecule has 0 radical (unpaired) electrons. The Morgan fingerprint density at radius 1 is 1.53 bits per heavy atom. The minimum atomic E-state index is -4.36. The van der Waals surface area contributed by atoms with Crippen LogP contribution < -0.4 is 11.1 Å². The largest absolute Gasteiger partial charge is 0.411 e. The Morgan fingerprint density at radius 3 is 2.84 bits per heavy atom. The zero-order chi connectivity index (χ0) is 14.5. The molecule has 1 amide bonds. The van der Waals surface area contributed by atoms with Crippen LogP contribution in [0.3, 0.4) is 0 Å². The van der Waals surface area contributed by atoms with Crippen molar-refractivity contribution in [3.63, 3.8) is 0 Å². The highest BCUT2D eigenvalue weighted by Gasteiger charge is 2.27. The Morgan fingerprint density at radius 2 is 2.21 bits per heavy atom. The van der Waals surface area contributed by atoms with Crippen molar-refractivity contribution >= 4 is 11.6 Å². The summed E-state index contributed by atoms with van der Waals surface area (Å²) in [5, 5.41) is 2.43. The van der Waals surface area contributed by atoms with Gasteiger partial charge in [-0.1, -0.05) is 0 Å². The van der Waals surface area contributed by atoms with Crippen LogP contribution in [0.5, 0.6) is 0 Å². The number of carbonyl (C=O) groups is 1. The first kappa shape index (κ1) is 15.2. The van der Waals surface area contributed by atoms with Gasteiger partial charge in [-0.15, -0.1) is 0 Å². The SMILES string of the molecule is Cc1ncc(N)cc1C(=O)NCCOCC(F)(F)F. The van der Waals surface area contributed by atoms with Gasteiger partial charge in [0.1, 0.15) is 6.61 Å². The fourth-order valence-electron chi connectivity index (χ4n) is 1.30. The van der Waals surface area contributed by atoms with E-state index < -0.39 is 18.7 Å². The molecule has 0 aromatic carbocycles. The first-order chi connectivity index (χ1) is 8.79. The lowest BCUT2D eigenvalue weighted by Gasteiger charge is -2.09. The average Bonchev–Trinajstić information content (AvgIpc) is 2.30. The molecule has 0 spiro atoms. The summed E-state index contributed by atoms with van der Waals surface area (Å²) in [6.45, 7) is 0.0550. The summed E-state index contributed by atoms with van der Waals surface area (Å²) >= 11 is 0. The number of anilines is 1. The van der Waals surface area contributed by atoms with Crippen molar-refractivity contribution in [2.45, 2.75) is 13.1 Å². The zero-order valence-corrected chi connectivity index (χ0v) is 10.3. The van der Waals surface area contributed by atoms with Crippen LogP contribution in [-0.2, 0) is 4.74 Å². The Hall–Kier alpha value is -1.83. The van der Waals surface area contributed by atoms with Crippen LogP contribution in [0.2, 0.25) is 0 Å². The Labute approximate surface area is 108 Å². The van der Waals surface area contributed by atoms with Crippen LogP contribution in [0.4, 0.5) is 18.9 Å². The van der Waals surface area contributed by atoms with E-state index in [0.717, 1.165) is 0 Å². The van der Waals surface area contributed by atoms with Gasteiger partial charge in [0.15, 0.2) is 0 Å². The van der Waals surface area contributed by atoms with Crippen molar-refractivity contribution in [1.29, 1.82) is 0 Å². The molecule has 1 aromatic heterocycles. The second kappa shape index (κ2) is 6.37. The molecule has 5 nitrogen and oxygen atoms in total. The Bertz CT molecular complexity index is 449. The van der Waals surface area contributed by atoms with Crippen molar-refractivity contribution in [1.82, 2.24) is 10.3 Å². The van der Waals surface area contributed by atoms with Gasteiger partial charge in [-0.05, 0) is 13.0 Å². The summed E-state index contributed by atoms with van der Waals surface area (Å²) in [5.74, 6) is -0.451. The van der Waals surface area contributed by atoms with E-state index in [1.165, 1.54) is 12.3 Å². The summed E-state index contributed by atoms with van der Waals surface area (Å²) in [6.07, 6.45) is -2.95. The van der Waals surface area contributed by atoms with Crippen LogP contribution in [-0.4, -0.2) is 36.8 Å². The molecule has 0 unspecified atom stereocenters. The molecule has 0 saturated carbocycles. The molecule has 0 aliphatic carbocycles. The molecule has 0 atom stereocenters. The third-order valence-electron chi connectivity index (χ3n) is 2.15. The molecule has 0 bridgehead atoms. The fraction of sp³-hybridized carbons (Fsp3) is 0.455. The third-order valence-corrected chi connectivity index (χ3v) is 2.15. The molecule has 106 valence electrons. The molecule has 3 N–H and O–H groups in total. The lowest BCUT2D eigenvalue weighted by molar-refractivity contribution is -0.173. The van der Waals surface area contributed by atoms with Gasteiger partial charge in [0, 0.05) is 6.54 Å². The number of rotatable bonds is 5. The van der Waals surface area contributed by atoms with Crippen molar-refractivity contribution in [2.24, 2.45) is 0 Å². The number of nitrogen functional groups attached to an aromatic ring is 1. The third kappa shape index (κ3) is 5.56. The molecular formula is C11H14F3N3O2. The second-order valence-corrected chi connectivity index (χ2v) is 3.83. The number of aryl methyl sites for hydroxylation is 1. The summed E-state index contributed by atoms with van der Waals surface area (Å²) in [6, 6.07) is 1.45. The van der Waals surface area contributed by atoms with Gasteiger partial charge in [0.2, 0.25) is 0 Å². The van der Waals surface area contributed by atoms with Crippen molar-refractivity contribution in [3.8, 4) is 0 Å². The average molecular weight is 277 g/mol. The van der Waals surface area contributed by atoms with Crippen molar-refractivity contribution in [2.75, 3.05) is 25.5 Å². The van der Waals surface area contributed by atoms with Gasteiger partial charge in [-0.25, -0.2) is 0 Å². The highest BCUT2D eigenvalue weighted by Crippen LogP contribution is 2.14. The van der Waals surface area contributed by atoms with E-state index in [2.05, 4.69) is 15.0 Å². The number of nitrogens with zero attached hydrogens (tertiary/aromatic N) is 1. The van der Waals surface area contributed by atoms with Crippen molar-refractivity contribution < 1.29 is 22.7 Å². The molecule has 1 rings (SSSR count). The second-order valence-electron chi connectivity index (χ2n) is 3.83. The van der Waals surface area contributed by atoms with Gasteiger partial charge in [0.25, 0.3) is 5.91 Å². The number of carbonyl (C=O) groups excluding carboxylic acids is 1. The predicted octanol–water partition coefficient (Wildman–Crippen LogP) is 1.28. The number of halogens is 3. The van der Waals surface area contributed by atoms with Crippen molar-refractivity contribution in [3.05, 3.63) is 23.5 Å². The maximum absolute atomic E-state index is 11.8. The first-order valence-electron chi connectivity index (χ1n) is 5.44. The quantitative estimate of drug-likeness (QED) is 0.795. The Balaban J connectivity index is 2.38. The van der Waals surface area contributed by atoms with Gasteiger partial charge in [-0.3, -0.25) is 9.78 Å². The number of alkyl halides is 3. The number of nitrogens with one attached hydrogen (secondary N) is 1. The standard InChI is InChI=1S/C11H14F3N3O2/c1-7-9(4-8(15)5-17-7)10(18)16-2-3-19-6-11(12,13)14/h4-5H,2-3,6,15H2,1H3,(H,16,18). The molecule has 1 heterocycles. The summed E-state index contributed by atoms with van der Waals surface area (Å²) in [7, 11) is 0. The van der Waals surface area contributed by atoms with Crippen LogP contribution in [0, 0.1) is 6.92 Å². The maximum Gasteiger partial charge on any atom is 0.411 e. The number of hydrogen-bond donors (Lipinski definition) is 2. The summed E-state index contributed by atoms with van der Waals surface area (Å²) in [5.41, 5.74) is 6.61. The monoisotopic (exact) mass is 277 g/mol. The highest BCUT2D eigenvalue weighted by atomic mass is 19.4. The maximum atomic E-state index is 11.8. The number of aromatic nitrogens is 1. The van der Waals surface area contributed by atoms with E-state index in [4.69, 9.17) is 5.73 Å². The van der Waals surface area contributed by atoms with Gasteiger partial charge in [0.05, 0.1) is 29.7 Å². The van der Waals surface area contributed by atoms with Gasteiger partial charge in [-0.2, -0.15) is 13.2 Å². The van der Waals surface area contributed by atoms with E-state index in [-0.39, 0.29) is 18.7 Å². The van der Waals surface area contributed by atoms with Crippen LogP contribution in [0.15, 0.2) is 12.3 Å². The molecule has 19 heavy (non-hydrogen) atoms. The lowest BCUT2D eigenvalue weighted by atomic mass is 10.2. The predicted molar refractivity (Wildman–Crippen MR) is 62.6 cm³/mol. The smallest absolute Gasteiger partial charge is 0.397 e. The summed E-state index contributed by atoms with van der Waals surface area (Å²) < 4.78 is 39.7. The molecule has 0 aliphatic rings. The zero-order valence-electron chi connectivity index (χ0n) is 10.3. The Kier molecular flexibility index (Phi) is 5.11. The van der Waals surface area contributed by atoms with Crippen LogP contribution in [0.1, 0.15) is 16.1 Å². The molecular weight excluding hydrogens is 263 g/mol. The molecule has 0 fully saturated rings. The van der Waals surface area contributed by atoms with E-state index in [9.17, 15) is 18.0 Å². The fourth-order valence-corrected chi connectivity index (χ4v) is 1.30. The lowest BCUT2D eigenvalue weighted by Crippen LogP contribution is -2.29. The number of nitrogens with two attached hydrogens (primary N) is 1. The minimum absolute atomic E-state index is 0.0247. The van der Waals surface area contributed by atoms with E-state index >= 15 is 0 Å². The molecule has 0 aliphatic heterocycles. The van der Waals surface area contributed by atoms with Crippen LogP contribution in [0.25, 0.3) is 0 Å². The number of hydrogen-bond acceptors (Lipinski definition) is 4. The molecule has 0 saturated heterocycles. The first-order valence-corrected chi connectivity index (χ1v) is 5.44. The van der Waals surface area contributed by atoms with E-state index in [1.807, 2.05) is 0 Å². The summed E-state index contributed by atoms with van der Waals surface area (Å²) in [4.78, 5) is 15.6. The number of pyridine rings is 1. The van der Waals surface area contributed by atoms with E-state index in [0.29, 0.717) is 11.4 Å². The molecule has 1 aromatic rings. The normalized spacial score (nSPS) is 11.4. The number of amides is 1. The van der Waals surface area contributed by atoms with Gasteiger partial charge >= 0.3 is 6.18 Å². The number of ether oxygens (including phenoxy) is 1. The highest BCUT2D eigenvalue weighted by molar-refractivity contribution is 5.95. The minimum Gasteiger partial charge on any atom is -0.397 e.